The lowest BCUT2D eigenvalue weighted by Gasteiger charge is -2.12. The summed E-state index contributed by atoms with van der Waals surface area (Å²) in [7, 11) is 0. The first-order chi connectivity index (χ1) is 6.86. The zero-order valence-electron chi connectivity index (χ0n) is 8.10. The minimum absolute atomic E-state index is 0.0864. The third-order valence-corrected chi connectivity index (χ3v) is 3.93. The second kappa shape index (κ2) is 4.80. The average molecular weight is 209 g/mol. The van der Waals surface area contributed by atoms with Gasteiger partial charge in [-0.3, -0.25) is 4.98 Å². The van der Waals surface area contributed by atoms with Gasteiger partial charge in [0.2, 0.25) is 0 Å². The molecule has 2 unspecified atom stereocenters. The van der Waals surface area contributed by atoms with Crippen molar-refractivity contribution in [2.45, 2.75) is 18.9 Å². The Balaban J connectivity index is 1.82. The molecule has 1 N–H and O–H groups in total. The smallest absolute Gasteiger partial charge is 0.0666 e. The number of hydrogen-bond donors (Lipinski definition) is 1. The third kappa shape index (κ3) is 2.49. The molecule has 2 atom stereocenters. The molecule has 1 aromatic rings. The van der Waals surface area contributed by atoms with Gasteiger partial charge in [0.15, 0.2) is 0 Å². The van der Waals surface area contributed by atoms with Crippen molar-refractivity contribution >= 4 is 11.8 Å². The molecule has 1 aliphatic rings. The molecule has 2 heterocycles. The monoisotopic (exact) mass is 209 g/mol. The fourth-order valence-corrected chi connectivity index (χ4v) is 3.10. The number of aliphatic hydroxyl groups is 1. The number of pyridine rings is 1. The molecule has 0 bridgehead atoms. The Hall–Kier alpha value is -0.540. The van der Waals surface area contributed by atoms with Crippen LogP contribution in [0.15, 0.2) is 24.5 Å². The van der Waals surface area contributed by atoms with Gasteiger partial charge in [-0.15, -0.1) is 0 Å². The minimum atomic E-state index is -0.0864. The quantitative estimate of drug-likeness (QED) is 0.823. The molecule has 14 heavy (non-hydrogen) atoms. The van der Waals surface area contributed by atoms with Crippen molar-refractivity contribution in [1.82, 2.24) is 4.98 Å². The second-order valence-corrected chi connectivity index (χ2v) is 4.84. The summed E-state index contributed by atoms with van der Waals surface area (Å²) in [5.74, 6) is 2.51. The highest BCUT2D eigenvalue weighted by molar-refractivity contribution is 7.99. The lowest BCUT2D eigenvalue weighted by atomic mass is 9.98. The molecule has 0 amide bonds. The van der Waals surface area contributed by atoms with Gasteiger partial charge in [0.05, 0.1) is 6.10 Å². The topological polar surface area (TPSA) is 33.1 Å². The normalized spacial score (nSPS) is 26.6. The summed E-state index contributed by atoms with van der Waals surface area (Å²) < 4.78 is 0. The second-order valence-electron chi connectivity index (χ2n) is 3.76. The average Bonchev–Trinajstić information content (AvgIpc) is 2.63. The van der Waals surface area contributed by atoms with Gasteiger partial charge < -0.3 is 5.11 Å². The molecule has 0 radical (unpaired) electrons. The van der Waals surface area contributed by atoms with Crippen LogP contribution in [0.4, 0.5) is 0 Å². The predicted molar refractivity (Wildman–Crippen MR) is 59.4 cm³/mol. The van der Waals surface area contributed by atoms with Crippen LogP contribution in [0.1, 0.15) is 12.0 Å². The highest BCUT2D eigenvalue weighted by atomic mass is 32.2. The number of nitrogens with zero attached hydrogens (tertiary/aromatic N) is 1. The lowest BCUT2D eigenvalue weighted by molar-refractivity contribution is 0.145. The van der Waals surface area contributed by atoms with Gasteiger partial charge in [-0.05, 0) is 36.1 Å². The zero-order chi connectivity index (χ0) is 9.80. The highest BCUT2D eigenvalue weighted by Crippen LogP contribution is 2.27. The van der Waals surface area contributed by atoms with Crippen molar-refractivity contribution in [3.05, 3.63) is 30.1 Å². The molecule has 1 fully saturated rings. The van der Waals surface area contributed by atoms with Crippen molar-refractivity contribution in [3.8, 4) is 0 Å². The molecule has 3 heteroatoms. The third-order valence-electron chi connectivity index (χ3n) is 2.69. The van der Waals surface area contributed by atoms with Crippen LogP contribution >= 0.6 is 11.8 Å². The molecule has 2 rings (SSSR count). The Bertz CT molecular complexity index is 278. The molecule has 0 saturated carbocycles. The van der Waals surface area contributed by atoms with E-state index in [0.717, 1.165) is 24.3 Å². The Morgan fingerprint density at radius 3 is 3.07 bits per heavy atom. The summed E-state index contributed by atoms with van der Waals surface area (Å²) in [6.45, 7) is 0. The van der Waals surface area contributed by atoms with Gasteiger partial charge in [-0.25, -0.2) is 0 Å². The van der Waals surface area contributed by atoms with Gasteiger partial charge in [-0.2, -0.15) is 11.8 Å². The largest absolute Gasteiger partial charge is 0.392 e. The van der Waals surface area contributed by atoms with Crippen LogP contribution in [0.3, 0.4) is 0 Å². The molecule has 1 aliphatic heterocycles. The summed E-state index contributed by atoms with van der Waals surface area (Å²) in [4.78, 5) is 4.08. The summed E-state index contributed by atoms with van der Waals surface area (Å²) in [5, 5.41) is 9.63. The fourth-order valence-electron chi connectivity index (χ4n) is 1.76. The fraction of sp³-hybridized carbons (Fsp3) is 0.545. The summed E-state index contributed by atoms with van der Waals surface area (Å²) in [6.07, 6.45) is 5.74. The summed E-state index contributed by atoms with van der Waals surface area (Å²) in [5.41, 5.74) is 1.27. The first-order valence-corrected chi connectivity index (χ1v) is 6.16. The van der Waals surface area contributed by atoms with Crippen LogP contribution in [0.5, 0.6) is 0 Å². The standard InChI is InChI=1S/C11H15NOS/c13-11-8-14-7-10(11)4-3-9-2-1-5-12-6-9/h1-2,5-6,10-11,13H,3-4,7-8H2. The molecule has 0 spiro atoms. The van der Waals surface area contributed by atoms with Gasteiger partial charge in [0.1, 0.15) is 0 Å². The molecular weight excluding hydrogens is 194 g/mol. The number of aromatic nitrogens is 1. The molecule has 2 nitrogen and oxygen atoms in total. The van der Waals surface area contributed by atoms with E-state index in [1.807, 2.05) is 24.0 Å². The number of hydrogen-bond acceptors (Lipinski definition) is 3. The van der Waals surface area contributed by atoms with E-state index in [1.54, 1.807) is 6.20 Å². The maximum Gasteiger partial charge on any atom is 0.0666 e. The molecule has 76 valence electrons. The van der Waals surface area contributed by atoms with Crippen LogP contribution in [0.2, 0.25) is 0 Å². The van der Waals surface area contributed by atoms with Gasteiger partial charge in [0.25, 0.3) is 0 Å². The van der Waals surface area contributed by atoms with Crippen LogP contribution < -0.4 is 0 Å². The maximum atomic E-state index is 9.63. The molecule has 1 saturated heterocycles. The first-order valence-electron chi connectivity index (χ1n) is 5.01. The van der Waals surface area contributed by atoms with E-state index < -0.39 is 0 Å². The van der Waals surface area contributed by atoms with Crippen LogP contribution in [-0.2, 0) is 6.42 Å². The first kappa shape index (κ1) is 9.99. The molecular formula is C11H15NOS. The highest BCUT2D eigenvalue weighted by Gasteiger charge is 2.24. The van der Waals surface area contributed by atoms with Crippen molar-refractivity contribution in [3.63, 3.8) is 0 Å². The SMILES string of the molecule is OC1CSCC1CCc1cccnc1. The maximum absolute atomic E-state index is 9.63. The van der Waals surface area contributed by atoms with E-state index in [0.29, 0.717) is 5.92 Å². The van der Waals surface area contributed by atoms with Crippen molar-refractivity contribution in [2.24, 2.45) is 5.92 Å². The Morgan fingerprint density at radius 1 is 1.50 bits per heavy atom. The van der Waals surface area contributed by atoms with Crippen molar-refractivity contribution < 1.29 is 5.11 Å². The Morgan fingerprint density at radius 2 is 2.43 bits per heavy atom. The van der Waals surface area contributed by atoms with E-state index in [-0.39, 0.29) is 6.10 Å². The summed E-state index contributed by atoms with van der Waals surface area (Å²) in [6, 6.07) is 4.07. The Kier molecular flexibility index (Phi) is 3.43. The van der Waals surface area contributed by atoms with Crippen LogP contribution in [-0.4, -0.2) is 27.7 Å². The van der Waals surface area contributed by atoms with Gasteiger partial charge in [0, 0.05) is 18.1 Å². The van der Waals surface area contributed by atoms with Crippen LogP contribution in [0, 0.1) is 5.92 Å². The van der Waals surface area contributed by atoms with E-state index in [2.05, 4.69) is 11.1 Å². The van der Waals surface area contributed by atoms with Crippen molar-refractivity contribution in [1.29, 1.82) is 0 Å². The minimum Gasteiger partial charge on any atom is -0.392 e. The molecule has 1 aromatic heterocycles. The van der Waals surface area contributed by atoms with E-state index in [1.165, 1.54) is 5.56 Å². The van der Waals surface area contributed by atoms with Crippen molar-refractivity contribution in [2.75, 3.05) is 11.5 Å². The number of thioether (sulfide) groups is 1. The summed E-state index contributed by atoms with van der Waals surface area (Å²) >= 11 is 1.86. The van der Waals surface area contributed by atoms with E-state index >= 15 is 0 Å². The Labute approximate surface area is 88.8 Å². The lowest BCUT2D eigenvalue weighted by Crippen LogP contribution is -2.18. The number of aryl methyl sites for hydroxylation is 1. The molecule has 0 aliphatic carbocycles. The van der Waals surface area contributed by atoms with Crippen LogP contribution in [0.25, 0.3) is 0 Å². The van der Waals surface area contributed by atoms with Gasteiger partial charge >= 0.3 is 0 Å². The zero-order valence-corrected chi connectivity index (χ0v) is 8.91. The van der Waals surface area contributed by atoms with Gasteiger partial charge in [-0.1, -0.05) is 6.07 Å². The van der Waals surface area contributed by atoms with E-state index in [9.17, 15) is 5.11 Å². The molecule has 0 aromatic carbocycles. The predicted octanol–water partition coefficient (Wildman–Crippen LogP) is 1.74. The number of rotatable bonds is 3. The van der Waals surface area contributed by atoms with E-state index in [4.69, 9.17) is 0 Å². The number of aliphatic hydroxyl groups excluding tert-OH is 1.